The Morgan fingerprint density at radius 1 is 1.53 bits per heavy atom. The van der Waals surface area contributed by atoms with Crippen LogP contribution in [-0.2, 0) is 6.54 Å². The van der Waals surface area contributed by atoms with E-state index in [1.807, 2.05) is 18.2 Å². The van der Waals surface area contributed by atoms with Gasteiger partial charge in [-0.3, -0.25) is 4.90 Å². The molecule has 0 radical (unpaired) electrons. The minimum Gasteiger partial charge on any atom is -0.481 e. The van der Waals surface area contributed by atoms with Crippen LogP contribution in [0.25, 0.3) is 0 Å². The summed E-state index contributed by atoms with van der Waals surface area (Å²) in [4.78, 5) is 6.58. The molecule has 4 nitrogen and oxygen atoms in total. The van der Waals surface area contributed by atoms with Crippen LogP contribution in [0.3, 0.4) is 0 Å². The van der Waals surface area contributed by atoms with Gasteiger partial charge in [0.15, 0.2) is 0 Å². The minimum absolute atomic E-state index is 0.0387. The van der Waals surface area contributed by atoms with E-state index in [1.54, 1.807) is 7.11 Å². The van der Waals surface area contributed by atoms with E-state index in [0.29, 0.717) is 5.88 Å². The fourth-order valence-electron chi connectivity index (χ4n) is 2.19. The second-order valence-corrected chi connectivity index (χ2v) is 4.28. The molecule has 1 atom stereocenters. The Hall–Kier alpha value is -1.60. The average Bonchev–Trinajstić information content (AvgIpc) is 2.39. The van der Waals surface area contributed by atoms with E-state index in [2.05, 4.69) is 16.0 Å². The van der Waals surface area contributed by atoms with Gasteiger partial charge in [0, 0.05) is 12.6 Å². The van der Waals surface area contributed by atoms with Crippen LogP contribution in [0.15, 0.2) is 18.2 Å². The third kappa shape index (κ3) is 2.95. The second-order valence-electron chi connectivity index (χ2n) is 4.28. The summed E-state index contributed by atoms with van der Waals surface area (Å²) in [5, 5.41) is 9.10. The molecule has 0 amide bonds. The average molecular weight is 231 g/mol. The lowest BCUT2D eigenvalue weighted by atomic mass is 10.0. The molecule has 1 aliphatic heterocycles. The number of likely N-dealkylation sites (tertiary alicyclic amines) is 1. The maximum Gasteiger partial charge on any atom is 0.213 e. The van der Waals surface area contributed by atoms with Gasteiger partial charge in [0.05, 0.1) is 24.9 Å². The number of rotatable bonds is 3. The molecule has 0 saturated carbocycles. The fraction of sp³-hybridized carbons (Fsp3) is 0.538. The van der Waals surface area contributed by atoms with Crippen LogP contribution >= 0.6 is 0 Å². The quantitative estimate of drug-likeness (QED) is 0.798. The highest BCUT2D eigenvalue weighted by Crippen LogP contribution is 2.19. The molecule has 1 aliphatic rings. The van der Waals surface area contributed by atoms with Crippen LogP contribution < -0.4 is 4.74 Å². The van der Waals surface area contributed by atoms with Crippen LogP contribution in [0.5, 0.6) is 5.88 Å². The van der Waals surface area contributed by atoms with Gasteiger partial charge in [-0.15, -0.1) is 0 Å². The topological polar surface area (TPSA) is 49.1 Å². The van der Waals surface area contributed by atoms with Gasteiger partial charge in [0.2, 0.25) is 5.88 Å². The summed E-state index contributed by atoms with van der Waals surface area (Å²) < 4.78 is 5.10. The lowest BCUT2D eigenvalue weighted by Gasteiger charge is -2.30. The molecule has 4 heteroatoms. The zero-order valence-corrected chi connectivity index (χ0v) is 10.1. The van der Waals surface area contributed by atoms with Crippen molar-refractivity contribution in [2.24, 2.45) is 0 Å². The van der Waals surface area contributed by atoms with Crippen LogP contribution in [0.1, 0.15) is 25.0 Å². The summed E-state index contributed by atoms with van der Waals surface area (Å²) in [6.45, 7) is 1.71. The zero-order chi connectivity index (χ0) is 12.1. The Morgan fingerprint density at radius 3 is 3.18 bits per heavy atom. The Kier molecular flexibility index (Phi) is 3.94. The monoisotopic (exact) mass is 231 g/mol. The Labute approximate surface area is 102 Å². The van der Waals surface area contributed by atoms with Gasteiger partial charge in [0.1, 0.15) is 0 Å². The van der Waals surface area contributed by atoms with E-state index in [-0.39, 0.29) is 6.04 Å². The summed E-state index contributed by atoms with van der Waals surface area (Å²) in [5.74, 6) is 0.632. The number of nitrogens with zero attached hydrogens (tertiary/aromatic N) is 3. The first kappa shape index (κ1) is 11.9. The predicted molar refractivity (Wildman–Crippen MR) is 64.5 cm³/mol. The number of nitriles is 1. The molecule has 2 rings (SSSR count). The molecule has 0 bridgehead atoms. The lowest BCUT2D eigenvalue weighted by Crippen LogP contribution is -2.38. The van der Waals surface area contributed by atoms with Crippen molar-refractivity contribution >= 4 is 0 Å². The van der Waals surface area contributed by atoms with E-state index in [1.165, 1.54) is 6.42 Å². The zero-order valence-electron chi connectivity index (χ0n) is 10.1. The number of hydrogen-bond donors (Lipinski definition) is 0. The first-order valence-electron chi connectivity index (χ1n) is 5.97. The van der Waals surface area contributed by atoms with Crippen molar-refractivity contribution in [2.45, 2.75) is 31.8 Å². The van der Waals surface area contributed by atoms with Gasteiger partial charge >= 0.3 is 0 Å². The van der Waals surface area contributed by atoms with Gasteiger partial charge < -0.3 is 4.74 Å². The van der Waals surface area contributed by atoms with Gasteiger partial charge in [0.25, 0.3) is 0 Å². The van der Waals surface area contributed by atoms with Crippen molar-refractivity contribution in [1.82, 2.24) is 9.88 Å². The molecular formula is C13H17N3O. The van der Waals surface area contributed by atoms with Crippen molar-refractivity contribution in [3.63, 3.8) is 0 Å². The molecule has 1 aromatic rings. The Morgan fingerprint density at radius 2 is 2.41 bits per heavy atom. The molecular weight excluding hydrogens is 214 g/mol. The molecule has 0 N–H and O–H groups in total. The number of ether oxygens (including phenoxy) is 1. The van der Waals surface area contributed by atoms with Crippen molar-refractivity contribution in [3.05, 3.63) is 23.9 Å². The summed E-state index contributed by atoms with van der Waals surface area (Å²) in [5.41, 5.74) is 0.964. The van der Waals surface area contributed by atoms with Gasteiger partial charge in [-0.2, -0.15) is 5.26 Å². The molecule has 1 unspecified atom stereocenters. The Balaban J connectivity index is 2.06. The number of hydrogen-bond acceptors (Lipinski definition) is 4. The van der Waals surface area contributed by atoms with Gasteiger partial charge in [-0.1, -0.05) is 6.07 Å². The van der Waals surface area contributed by atoms with E-state index in [4.69, 9.17) is 10.00 Å². The summed E-state index contributed by atoms with van der Waals surface area (Å²) in [7, 11) is 1.62. The molecule has 1 fully saturated rings. The van der Waals surface area contributed by atoms with Crippen molar-refractivity contribution in [2.75, 3.05) is 13.7 Å². The molecule has 0 spiro atoms. The molecule has 0 aromatic carbocycles. The summed E-state index contributed by atoms with van der Waals surface area (Å²) in [6, 6.07) is 8.16. The van der Waals surface area contributed by atoms with Crippen LogP contribution in [0.4, 0.5) is 0 Å². The van der Waals surface area contributed by atoms with Crippen LogP contribution in [-0.4, -0.2) is 29.6 Å². The number of aromatic nitrogens is 1. The maximum absolute atomic E-state index is 9.10. The van der Waals surface area contributed by atoms with Crippen molar-refractivity contribution in [1.29, 1.82) is 5.26 Å². The molecule has 0 aliphatic carbocycles. The van der Waals surface area contributed by atoms with Crippen LogP contribution in [0, 0.1) is 11.3 Å². The van der Waals surface area contributed by atoms with E-state index < -0.39 is 0 Å². The molecule has 17 heavy (non-hydrogen) atoms. The highest BCUT2D eigenvalue weighted by atomic mass is 16.5. The molecule has 1 aromatic heterocycles. The first-order chi connectivity index (χ1) is 8.33. The summed E-state index contributed by atoms with van der Waals surface area (Å²) in [6.07, 6.45) is 3.29. The SMILES string of the molecule is COc1cccc(CN2CCCCC2C#N)n1. The minimum atomic E-state index is 0.0387. The highest BCUT2D eigenvalue weighted by Gasteiger charge is 2.22. The number of pyridine rings is 1. The smallest absolute Gasteiger partial charge is 0.213 e. The highest BCUT2D eigenvalue weighted by molar-refractivity contribution is 5.16. The van der Waals surface area contributed by atoms with Crippen molar-refractivity contribution < 1.29 is 4.74 Å². The third-order valence-electron chi connectivity index (χ3n) is 3.12. The Bertz CT molecular complexity index is 413. The largest absolute Gasteiger partial charge is 0.481 e. The molecule has 2 heterocycles. The maximum atomic E-state index is 9.10. The van der Waals surface area contributed by atoms with E-state index >= 15 is 0 Å². The third-order valence-corrected chi connectivity index (χ3v) is 3.12. The van der Waals surface area contributed by atoms with E-state index in [9.17, 15) is 0 Å². The molecule has 1 saturated heterocycles. The lowest BCUT2D eigenvalue weighted by molar-refractivity contribution is 0.174. The molecule has 90 valence electrons. The van der Waals surface area contributed by atoms with E-state index in [0.717, 1.165) is 31.6 Å². The number of methoxy groups -OCH3 is 1. The standard InChI is InChI=1S/C13H17N3O/c1-17-13-7-4-5-11(15-13)10-16-8-3-2-6-12(16)9-14/h4-5,7,12H,2-3,6,8,10H2,1H3. The van der Waals surface area contributed by atoms with Gasteiger partial charge in [-0.05, 0) is 31.9 Å². The predicted octanol–water partition coefficient (Wildman–Crippen LogP) is 1.97. The number of piperidine rings is 1. The second kappa shape index (κ2) is 5.65. The van der Waals surface area contributed by atoms with Gasteiger partial charge in [-0.25, -0.2) is 4.98 Å². The normalized spacial score (nSPS) is 20.8. The van der Waals surface area contributed by atoms with Crippen molar-refractivity contribution in [3.8, 4) is 11.9 Å². The van der Waals surface area contributed by atoms with Crippen LogP contribution in [0.2, 0.25) is 0 Å². The summed E-state index contributed by atoms with van der Waals surface area (Å²) >= 11 is 0. The fourth-order valence-corrected chi connectivity index (χ4v) is 2.19. The first-order valence-corrected chi connectivity index (χ1v) is 5.97.